The maximum Gasteiger partial charge on any atom is 0.257 e. The fraction of sp³-hybridized carbons (Fsp3) is 0.286. The van der Waals surface area contributed by atoms with E-state index in [1.165, 1.54) is 10.4 Å². The van der Waals surface area contributed by atoms with Gasteiger partial charge in [-0.1, -0.05) is 17.7 Å². The van der Waals surface area contributed by atoms with E-state index in [0.717, 1.165) is 15.4 Å². The van der Waals surface area contributed by atoms with E-state index in [2.05, 4.69) is 0 Å². The van der Waals surface area contributed by atoms with E-state index in [-0.39, 0.29) is 23.9 Å². The summed E-state index contributed by atoms with van der Waals surface area (Å²) in [4.78, 5) is 16.4. The van der Waals surface area contributed by atoms with Crippen molar-refractivity contribution in [1.29, 1.82) is 0 Å². The lowest BCUT2D eigenvalue weighted by Crippen LogP contribution is -2.50. The van der Waals surface area contributed by atoms with Gasteiger partial charge in [-0.05, 0) is 49.7 Å². The second kappa shape index (κ2) is 8.19. The monoisotopic (exact) mass is 463 g/mol. The molecular formula is C21H22ClN3O3S2. The highest BCUT2D eigenvalue weighted by Gasteiger charge is 2.32. The molecule has 1 aliphatic heterocycles. The Morgan fingerprint density at radius 2 is 1.70 bits per heavy atom. The Hall–Kier alpha value is -2.13. The van der Waals surface area contributed by atoms with Crippen LogP contribution >= 0.6 is 22.9 Å². The maximum absolute atomic E-state index is 13.4. The Morgan fingerprint density at radius 3 is 2.33 bits per heavy atom. The third-order valence-corrected chi connectivity index (χ3v) is 8.73. The van der Waals surface area contributed by atoms with Crippen LogP contribution in [0.15, 0.2) is 53.7 Å². The normalized spacial score (nSPS) is 15.5. The highest BCUT2D eigenvalue weighted by Crippen LogP contribution is 2.32. The van der Waals surface area contributed by atoms with Crippen molar-refractivity contribution in [3.05, 3.63) is 69.8 Å². The van der Waals surface area contributed by atoms with E-state index in [9.17, 15) is 13.2 Å². The molecule has 0 radical (unpaired) electrons. The molecule has 0 spiro atoms. The molecule has 1 fully saturated rings. The summed E-state index contributed by atoms with van der Waals surface area (Å²) in [6, 6.07) is 10.1. The van der Waals surface area contributed by atoms with Gasteiger partial charge in [-0.25, -0.2) is 8.42 Å². The molecule has 3 aromatic rings. The molecule has 1 aromatic carbocycles. The average Bonchev–Trinajstić information content (AvgIpc) is 3.36. The summed E-state index contributed by atoms with van der Waals surface area (Å²) >= 11 is 7.55. The zero-order chi connectivity index (χ0) is 21.5. The lowest BCUT2D eigenvalue weighted by Gasteiger charge is -2.34. The van der Waals surface area contributed by atoms with Gasteiger partial charge >= 0.3 is 0 Å². The van der Waals surface area contributed by atoms with Gasteiger partial charge in [-0.3, -0.25) is 4.79 Å². The van der Waals surface area contributed by atoms with E-state index in [1.807, 2.05) is 42.9 Å². The minimum Gasteiger partial charge on any atom is -0.336 e. The number of piperazine rings is 1. The van der Waals surface area contributed by atoms with Crippen LogP contribution in [0.3, 0.4) is 0 Å². The molecule has 0 N–H and O–H groups in total. The highest BCUT2D eigenvalue weighted by molar-refractivity contribution is 7.89. The van der Waals surface area contributed by atoms with Crippen molar-refractivity contribution in [3.63, 3.8) is 0 Å². The molecule has 3 heterocycles. The molecule has 0 aliphatic carbocycles. The van der Waals surface area contributed by atoms with Crippen LogP contribution in [0.1, 0.15) is 20.8 Å². The third-order valence-electron chi connectivity index (χ3n) is 5.38. The molecule has 0 atom stereocenters. The lowest BCUT2D eigenvalue weighted by molar-refractivity contribution is 0.0697. The van der Waals surface area contributed by atoms with Crippen LogP contribution in [0.4, 0.5) is 0 Å². The van der Waals surface area contributed by atoms with Crippen molar-refractivity contribution >= 4 is 38.9 Å². The van der Waals surface area contributed by atoms with Gasteiger partial charge in [-0.15, -0.1) is 11.3 Å². The van der Waals surface area contributed by atoms with Crippen LogP contribution in [-0.4, -0.2) is 54.3 Å². The van der Waals surface area contributed by atoms with Crippen molar-refractivity contribution in [2.45, 2.75) is 18.7 Å². The molecule has 0 saturated carbocycles. The number of thiophene rings is 1. The Bertz CT molecular complexity index is 1180. The van der Waals surface area contributed by atoms with Crippen molar-refractivity contribution in [3.8, 4) is 5.00 Å². The summed E-state index contributed by atoms with van der Waals surface area (Å²) < 4.78 is 29.2. The zero-order valence-corrected chi connectivity index (χ0v) is 19.1. The molecule has 158 valence electrons. The van der Waals surface area contributed by atoms with E-state index in [1.54, 1.807) is 34.4 Å². The van der Waals surface area contributed by atoms with Crippen molar-refractivity contribution < 1.29 is 13.2 Å². The molecule has 4 rings (SSSR count). The maximum atomic E-state index is 13.4. The first-order chi connectivity index (χ1) is 14.3. The molecule has 30 heavy (non-hydrogen) atoms. The fourth-order valence-corrected chi connectivity index (χ4v) is 6.42. The number of aryl methyl sites for hydroxylation is 1. The van der Waals surface area contributed by atoms with Gasteiger partial charge in [0.05, 0.1) is 10.5 Å². The summed E-state index contributed by atoms with van der Waals surface area (Å²) in [6.07, 6.45) is 3.86. The quantitative estimate of drug-likeness (QED) is 0.588. The number of amides is 1. The number of hydrogen-bond donors (Lipinski definition) is 0. The summed E-state index contributed by atoms with van der Waals surface area (Å²) in [5.74, 6) is -0.0552. The van der Waals surface area contributed by atoms with Gasteiger partial charge in [0.1, 0.15) is 5.00 Å². The number of sulfonamides is 1. The number of hydrogen-bond acceptors (Lipinski definition) is 4. The molecule has 1 aliphatic rings. The molecule has 6 nitrogen and oxygen atoms in total. The van der Waals surface area contributed by atoms with E-state index in [4.69, 9.17) is 11.6 Å². The number of carbonyl (C=O) groups excluding carboxylic acids is 1. The number of carbonyl (C=O) groups is 1. The fourth-order valence-electron chi connectivity index (χ4n) is 3.58. The van der Waals surface area contributed by atoms with Crippen LogP contribution in [0.5, 0.6) is 0 Å². The first-order valence-electron chi connectivity index (χ1n) is 9.57. The summed E-state index contributed by atoms with van der Waals surface area (Å²) in [5.41, 5.74) is 1.67. The SMILES string of the molecule is Cc1sc(-n2cccc2)c(C(=O)N2CCN(S(=O)(=O)c3cccc(Cl)c3)CC2)c1C. The first-order valence-corrected chi connectivity index (χ1v) is 12.2. The van der Waals surface area contributed by atoms with Crippen LogP contribution in [0.2, 0.25) is 5.02 Å². The molecule has 1 saturated heterocycles. The van der Waals surface area contributed by atoms with E-state index >= 15 is 0 Å². The predicted molar refractivity (Wildman–Crippen MR) is 119 cm³/mol. The van der Waals surface area contributed by atoms with Gasteiger partial charge in [-0.2, -0.15) is 4.31 Å². The van der Waals surface area contributed by atoms with E-state index < -0.39 is 10.0 Å². The average molecular weight is 464 g/mol. The van der Waals surface area contributed by atoms with Crippen LogP contribution < -0.4 is 0 Å². The van der Waals surface area contributed by atoms with Gasteiger partial charge in [0, 0.05) is 48.5 Å². The second-order valence-electron chi connectivity index (χ2n) is 7.21. The topological polar surface area (TPSA) is 62.6 Å². The van der Waals surface area contributed by atoms with Crippen molar-refractivity contribution in [2.24, 2.45) is 0 Å². The molecule has 0 unspecified atom stereocenters. The first kappa shape index (κ1) is 21.1. The lowest BCUT2D eigenvalue weighted by atomic mass is 10.1. The van der Waals surface area contributed by atoms with Gasteiger partial charge in [0.2, 0.25) is 10.0 Å². The Balaban J connectivity index is 1.54. The molecule has 9 heteroatoms. The number of halogens is 1. The van der Waals surface area contributed by atoms with Crippen LogP contribution in [-0.2, 0) is 10.0 Å². The second-order valence-corrected chi connectivity index (χ2v) is 10.8. The minimum atomic E-state index is -3.64. The molecule has 2 aromatic heterocycles. The van der Waals surface area contributed by atoms with Crippen molar-refractivity contribution in [1.82, 2.24) is 13.8 Å². The number of benzene rings is 1. The van der Waals surface area contributed by atoms with Gasteiger partial charge < -0.3 is 9.47 Å². The molecule has 0 bridgehead atoms. The zero-order valence-electron chi connectivity index (χ0n) is 16.7. The van der Waals surface area contributed by atoms with Crippen LogP contribution in [0, 0.1) is 13.8 Å². The number of nitrogens with zero attached hydrogens (tertiary/aromatic N) is 3. The van der Waals surface area contributed by atoms with Gasteiger partial charge in [0.15, 0.2) is 0 Å². The number of rotatable bonds is 4. The summed E-state index contributed by atoms with van der Waals surface area (Å²) in [5, 5.41) is 1.28. The van der Waals surface area contributed by atoms with Crippen molar-refractivity contribution in [2.75, 3.05) is 26.2 Å². The Kier molecular flexibility index (Phi) is 5.76. The van der Waals surface area contributed by atoms with E-state index in [0.29, 0.717) is 23.7 Å². The standard InChI is InChI=1S/C21H22ClN3O3S2/c1-15-16(2)29-21(24-8-3-4-9-24)19(15)20(26)23-10-12-25(13-11-23)30(27,28)18-7-5-6-17(22)14-18/h3-9,14H,10-13H2,1-2H3. The smallest absolute Gasteiger partial charge is 0.257 e. The van der Waals surface area contributed by atoms with Gasteiger partial charge in [0.25, 0.3) is 5.91 Å². The predicted octanol–water partition coefficient (Wildman–Crippen LogP) is 3.96. The summed E-state index contributed by atoms with van der Waals surface area (Å²) in [7, 11) is -3.64. The third kappa shape index (κ3) is 3.80. The van der Waals surface area contributed by atoms with Crippen LogP contribution in [0.25, 0.3) is 5.00 Å². The Morgan fingerprint density at radius 1 is 1.03 bits per heavy atom. The minimum absolute atomic E-state index is 0.0552. The Labute approximate surface area is 185 Å². The number of aromatic nitrogens is 1. The molecular weight excluding hydrogens is 442 g/mol. The highest BCUT2D eigenvalue weighted by atomic mass is 35.5. The molecule has 1 amide bonds. The summed E-state index contributed by atoms with van der Waals surface area (Å²) in [6.45, 7) is 5.17. The largest absolute Gasteiger partial charge is 0.336 e.